The highest BCUT2D eigenvalue weighted by Gasteiger charge is 2.61. The number of hydrogen-bond donors (Lipinski definition) is 2. The van der Waals surface area contributed by atoms with Gasteiger partial charge in [-0.15, -0.1) is 0 Å². The third kappa shape index (κ3) is 1.73. The minimum Gasteiger partial charge on any atom is -0.379 e. The minimum atomic E-state index is -0.200. The maximum Gasteiger partial charge on any atom is 0.234 e. The molecule has 3 N–H and O–H groups in total. The maximum atomic E-state index is 11.1. The van der Waals surface area contributed by atoms with E-state index in [1.807, 2.05) is 0 Å². The molecule has 5 heteroatoms. The molecule has 3 fully saturated rings. The molecule has 0 spiro atoms. The number of amides is 1. The molecule has 2 aliphatic heterocycles. The highest BCUT2D eigenvalue weighted by atomic mass is 16.5. The van der Waals surface area contributed by atoms with E-state index in [0.29, 0.717) is 5.92 Å². The molecular formula is C11H19N3O2. The summed E-state index contributed by atoms with van der Waals surface area (Å²) >= 11 is 0. The molecule has 1 saturated carbocycles. The van der Waals surface area contributed by atoms with Gasteiger partial charge in [0, 0.05) is 25.2 Å². The molecule has 2 saturated heterocycles. The third-order valence-corrected chi connectivity index (χ3v) is 4.17. The molecular weight excluding hydrogens is 206 g/mol. The van der Waals surface area contributed by atoms with Crippen LogP contribution in [0.3, 0.4) is 0 Å². The lowest BCUT2D eigenvalue weighted by Gasteiger charge is -2.30. The molecule has 2 heterocycles. The predicted octanol–water partition coefficient (Wildman–Crippen LogP) is -1.08. The van der Waals surface area contributed by atoms with E-state index in [-0.39, 0.29) is 17.5 Å². The van der Waals surface area contributed by atoms with E-state index in [0.717, 1.165) is 39.3 Å². The van der Waals surface area contributed by atoms with Gasteiger partial charge in [-0.05, 0) is 18.8 Å². The largest absolute Gasteiger partial charge is 0.379 e. The normalized spacial score (nSPS) is 43.0. The first kappa shape index (κ1) is 10.5. The number of hydrogen-bond acceptors (Lipinski definition) is 4. The summed E-state index contributed by atoms with van der Waals surface area (Å²) in [5, 5.41) is 3.43. The van der Waals surface area contributed by atoms with Crippen molar-refractivity contribution in [3.05, 3.63) is 0 Å². The first-order chi connectivity index (χ1) is 7.70. The number of rotatable bonds is 3. The average molecular weight is 225 g/mol. The van der Waals surface area contributed by atoms with Crippen molar-refractivity contribution in [2.45, 2.75) is 24.4 Å². The number of fused-ring (bicyclic) bond motifs is 1. The van der Waals surface area contributed by atoms with Gasteiger partial charge in [-0.25, -0.2) is 0 Å². The van der Waals surface area contributed by atoms with Gasteiger partial charge in [-0.2, -0.15) is 0 Å². The fraction of sp³-hybridized carbons (Fsp3) is 0.909. The molecule has 3 aliphatic rings. The van der Waals surface area contributed by atoms with Crippen LogP contribution in [0.25, 0.3) is 0 Å². The SMILES string of the molecule is NC(=O)C1CC2CC2(CN2CCOCC2)N1. The Kier molecular flexibility index (Phi) is 2.42. The quantitative estimate of drug-likeness (QED) is 0.641. The molecule has 0 aromatic rings. The number of ether oxygens (including phenoxy) is 1. The number of piperidine rings is 1. The number of carbonyl (C=O) groups is 1. The Morgan fingerprint density at radius 2 is 2.25 bits per heavy atom. The zero-order valence-electron chi connectivity index (χ0n) is 9.45. The molecule has 90 valence electrons. The molecule has 3 unspecified atom stereocenters. The second-order valence-electron chi connectivity index (χ2n) is 5.28. The second-order valence-corrected chi connectivity index (χ2v) is 5.28. The van der Waals surface area contributed by atoms with Gasteiger partial charge < -0.3 is 10.5 Å². The second kappa shape index (κ2) is 3.68. The molecule has 3 rings (SSSR count). The van der Waals surface area contributed by atoms with Crippen LogP contribution in [0, 0.1) is 5.92 Å². The average Bonchev–Trinajstić information content (AvgIpc) is 2.81. The van der Waals surface area contributed by atoms with E-state index in [4.69, 9.17) is 10.5 Å². The Balaban J connectivity index is 1.57. The smallest absolute Gasteiger partial charge is 0.234 e. The van der Waals surface area contributed by atoms with Gasteiger partial charge in [0.2, 0.25) is 5.91 Å². The lowest BCUT2D eigenvalue weighted by molar-refractivity contribution is -0.120. The first-order valence-corrected chi connectivity index (χ1v) is 6.07. The number of primary amides is 1. The van der Waals surface area contributed by atoms with E-state index in [2.05, 4.69) is 10.2 Å². The van der Waals surface area contributed by atoms with E-state index in [1.165, 1.54) is 6.42 Å². The molecule has 3 atom stereocenters. The van der Waals surface area contributed by atoms with Crippen LogP contribution in [0.2, 0.25) is 0 Å². The fourth-order valence-corrected chi connectivity index (χ4v) is 3.14. The van der Waals surface area contributed by atoms with Gasteiger partial charge in [0.1, 0.15) is 0 Å². The summed E-state index contributed by atoms with van der Waals surface area (Å²) in [5.41, 5.74) is 5.53. The standard InChI is InChI=1S/C11H19N3O2/c12-10(15)9-5-8-6-11(8,13-9)7-14-1-3-16-4-2-14/h8-9,13H,1-7H2,(H2,12,15). The van der Waals surface area contributed by atoms with Gasteiger partial charge in [0.25, 0.3) is 0 Å². The third-order valence-electron chi connectivity index (χ3n) is 4.17. The van der Waals surface area contributed by atoms with Crippen molar-refractivity contribution < 1.29 is 9.53 Å². The Morgan fingerprint density at radius 3 is 2.88 bits per heavy atom. The van der Waals surface area contributed by atoms with Crippen LogP contribution in [0.15, 0.2) is 0 Å². The Morgan fingerprint density at radius 1 is 1.50 bits per heavy atom. The van der Waals surface area contributed by atoms with E-state index in [1.54, 1.807) is 0 Å². The van der Waals surface area contributed by atoms with Crippen LogP contribution in [0.1, 0.15) is 12.8 Å². The van der Waals surface area contributed by atoms with Gasteiger partial charge in [0.15, 0.2) is 0 Å². The van der Waals surface area contributed by atoms with Crippen molar-refractivity contribution in [2.24, 2.45) is 11.7 Å². The number of nitrogens with two attached hydrogens (primary N) is 1. The highest BCUT2D eigenvalue weighted by molar-refractivity contribution is 5.80. The van der Waals surface area contributed by atoms with Crippen molar-refractivity contribution in [3.8, 4) is 0 Å². The van der Waals surface area contributed by atoms with Gasteiger partial charge in [-0.1, -0.05) is 0 Å². The van der Waals surface area contributed by atoms with Crippen molar-refractivity contribution in [2.75, 3.05) is 32.8 Å². The van der Waals surface area contributed by atoms with Crippen molar-refractivity contribution in [3.63, 3.8) is 0 Å². The van der Waals surface area contributed by atoms with Crippen LogP contribution >= 0.6 is 0 Å². The number of nitrogens with one attached hydrogen (secondary N) is 1. The van der Waals surface area contributed by atoms with E-state index < -0.39 is 0 Å². The Bertz CT molecular complexity index is 304. The monoisotopic (exact) mass is 225 g/mol. The maximum absolute atomic E-state index is 11.1. The van der Waals surface area contributed by atoms with E-state index >= 15 is 0 Å². The summed E-state index contributed by atoms with van der Waals surface area (Å²) in [7, 11) is 0. The summed E-state index contributed by atoms with van der Waals surface area (Å²) < 4.78 is 5.33. The summed E-state index contributed by atoms with van der Waals surface area (Å²) in [5.74, 6) is 0.460. The Labute approximate surface area is 95.3 Å². The van der Waals surface area contributed by atoms with Gasteiger partial charge >= 0.3 is 0 Å². The first-order valence-electron chi connectivity index (χ1n) is 6.07. The van der Waals surface area contributed by atoms with Crippen LogP contribution in [-0.4, -0.2) is 55.2 Å². The molecule has 0 aromatic carbocycles. The summed E-state index contributed by atoms with van der Waals surface area (Å²) in [6.45, 7) is 4.74. The molecule has 1 aliphatic carbocycles. The summed E-state index contributed by atoms with van der Waals surface area (Å²) in [6.07, 6.45) is 2.13. The zero-order chi connectivity index (χ0) is 11.2. The topological polar surface area (TPSA) is 67.6 Å². The summed E-state index contributed by atoms with van der Waals surface area (Å²) in [6, 6.07) is -0.0974. The van der Waals surface area contributed by atoms with Crippen LogP contribution in [0.5, 0.6) is 0 Å². The Hall–Kier alpha value is -0.650. The molecule has 1 amide bonds. The highest BCUT2D eigenvalue weighted by Crippen LogP contribution is 2.52. The summed E-state index contributed by atoms with van der Waals surface area (Å²) in [4.78, 5) is 13.6. The predicted molar refractivity (Wildman–Crippen MR) is 58.8 cm³/mol. The van der Waals surface area contributed by atoms with E-state index in [9.17, 15) is 4.79 Å². The molecule has 0 aromatic heterocycles. The molecule has 16 heavy (non-hydrogen) atoms. The van der Waals surface area contributed by atoms with Gasteiger partial charge in [0.05, 0.1) is 19.3 Å². The van der Waals surface area contributed by atoms with Crippen molar-refractivity contribution in [1.29, 1.82) is 0 Å². The number of carbonyl (C=O) groups excluding carboxylic acids is 1. The van der Waals surface area contributed by atoms with Crippen molar-refractivity contribution >= 4 is 5.91 Å². The number of morpholine rings is 1. The lowest BCUT2D eigenvalue weighted by Crippen LogP contribution is -2.50. The van der Waals surface area contributed by atoms with Crippen LogP contribution in [-0.2, 0) is 9.53 Å². The van der Waals surface area contributed by atoms with Gasteiger partial charge in [-0.3, -0.25) is 15.0 Å². The van der Waals surface area contributed by atoms with Crippen molar-refractivity contribution in [1.82, 2.24) is 10.2 Å². The molecule has 5 nitrogen and oxygen atoms in total. The molecule has 0 bridgehead atoms. The molecule has 0 radical (unpaired) electrons. The lowest BCUT2D eigenvalue weighted by atomic mass is 10.2. The number of nitrogens with zero attached hydrogens (tertiary/aromatic N) is 1. The van der Waals surface area contributed by atoms with Crippen LogP contribution in [0.4, 0.5) is 0 Å². The van der Waals surface area contributed by atoms with Crippen LogP contribution < -0.4 is 11.1 Å². The fourth-order valence-electron chi connectivity index (χ4n) is 3.14. The minimum absolute atomic E-state index is 0.0974. The zero-order valence-corrected chi connectivity index (χ0v) is 9.45.